The first kappa shape index (κ1) is 18.4. The number of benzene rings is 1. The van der Waals surface area contributed by atoms with Crippen LogP contribution in [-0.2, 0) is 27.7 Å². The smallest absolute Gasteiger partial charge is 0.231 e. The van der Waals surface area contributed by atoms with E-state index in [1.165, 1.54) is 0 Å². The van der Waals surface area contributed by atoms with E-state index in [2.05, 4.69) is 26.1 Å². The molecule has 1 amide bonds. The molecule has 0 aliphatic rings. The summed E-state index contributed by atoms with van der Waals surface area (Å²) in [5.74, 6) is -0.145. The number of rotatable bonds is 7. The molecule has 0 unspecified atom stereocenters. The van der Waals surface area contributed by atoms with Crippen molar-refractivity contribution < 1.29 is 13.2 Å². The number of nitrogens with one attached hydrogen (secondary N) is 3. The number of aromatic nitrogens is 2. The maximum absolute atomic E-state index is 12.2. The van der Waals surface area contributed by atoms with E-state index in [-0.39, 0.29) is 23.5 Å². The van der Waals surface area contributed by atoms with Crippen LogP contribution in [0.5, 0.6) is 0 Å². The Bertz CT molecular complexity index is 1020. The van der Waals surface area contributed by atoms with Crippen LogP contribution in [0.4, 0.5) is 5.13 Å². The molecule has 0 aliphatic carbocycles. The average Bonchev–Trinajstić information content (AvgIpc) is 3.13. The SMILES string of the molecule is C[C@@H](Cc1c[nH]c2ccccc12)NC(=O)Cc1csc(NS(C)(=O)=O)n1. The molecule has 0 spiro atoms. The summed E-state index contributed by atoms with van der Waals surface area (Å²) in [6, 6.07) is 8.02. The lowest BCUT2D eigenvalue weighted by Crippen LogP contribution is -2.35. The van der Waals surface area contributed by atoms with Gasteiger partial charge in [0.25, 0.3) is 0 Å². The average molecular weight is 393 g/mol. The molecule has 0 fully saturated rings. The van der Waals surface area contributed by atoms with Crippen LogP contribution in [0, 0.1) is 0 Å². The number of hydrogen-bond acceptors (Lipinski definition) is 5. The molecule has 7 nitrogen and oxygen atoms in total. The van der Waals surface area contributed by atoms with Crippen molar-refractivity contribution in [2.24, 2.45) is 0 Å². The number of aromatic amines is 1. The summed E-state index contributed by atoms with van der Waals surface area (Å²) in [7, 11) is -3.36. The predicted molar refractivity (Wildman–Crippen MR) is 104 cm³/mol. The van der Waals surface area contributed by atoms with Gasteiger partial charge in [0.1, 0.15) is 0 Å². The monoisotopic (exact) mass is 392 g/mol. The molecule has 26 heavy (non-hydrogen) atoms. The van der Waals surface area contributed by atoms with E-state index in [1.807, 2.05) is 31.3 Å². The maximum atomic E-state index is 12.2. The molecular weight excluding hydrogens is 372 g/mol. The van der Waals surface area contributed by atoms with Crippen LogP contribution in [0.2, 0.25) is 0 Å². The highest BCUT2D eigenvalue weighted by Crippen LogP contribution is 2.19. The van der Waals surface area contributed by atoms with Crippen LogP contribution >= 0.6 is 11.3 Å². The Hall–Kier alpha value is -2.39. The number of nitrogens with zero attached hydrogens (tertiary/aromatic N) is 1. The van der Waals surface area contributed by atoms with Crippen LogP contribution in [0.15, 0.2) is 35.8 Å². The molecule has 9 heteroatoms. The van der Waals surface area contributed by atoms with Crippen molar-refractivity contribution in [3.63, 3.8) is 0 Å². The number of carbonyl (C=O) groups excluding carboxylic acids is 1. The minimum absolute atomic E-state index is 0.0334. The van der Waals surface area contributed by atoms with Crippen LogP contribution < -0.4 is 10.0 Å². The normalized spacial score (nSPS) is 12.8. The number of H-pyrrole nitrogens is 1. The Morgan fingerprint density at radius 3 is 2.88 bits per heavy atom. The number of anilines is 1. The molecule has 1 aromatic carbocycles. The van der Waals surface area contributed by atoms with Crippen LogP contribution in [0.1, 0.15) is 18.2 Å². The molecule has 0 aliphatic heterocycles. The molecule has 2 heterocycles. The number of thiazole rings is 1. The first-order chi connectivity index (χ1) is 12.3. The molecule has 0 bridgehead atoms. The lowest BCUT2D eigenvalue weighted by atomic mass is 10.1. The minimum Gasteiger partial charge on any atom is -0.361 e. The second-order valence-corrected chi connectivity index (χ2v) is 8.83. The molecule has 0 saturated heterocycles. The van der Waals surface area contributed by atoms with Gasteiger partial charge in [0.05, 0.1) is 18.4 Å². The van der Waals surface area contributed by atoms with Crippen LogP contribution in [0.25, 0.3) is 10.9 Å². The van der Waals surface area contributed by atoms with Crippen molar-refractivity contribution in [1.82, 2.24) is 15.3 Å². The molecule has 138 valence electrons. The Kier molecular flexibility index (Phi) is 5.28. The number of hydrogen-bond donors (Lipinski definition) is 3. The molecule has 3 rings (SSSR count). The van der Waals surface area contributed by atoms with Crippen molar-refractivity contribution >= 4 is 43.3 Å². The summed E-state index contributed by atoms with van der Waals surface area (Å²) in [5.41, 5.74) is 2.77. The molecule has 0 saturated carbocycles. The van der Waals surface area contributed by atoms with Crippen molar-refractivity contribution in [2.45, 2.75) is 25.8 Å². The maximum Gasteiger partial charge on any atom is 0.231 e. The lowest BCUT2D eigenvalue weighted by molar-refractivity contribution is -0.121. The standard InChI is InChI=1S/C17H20N4O3S2/c1-11(7-12-9-18-15-6-4-3-5-14(12)15)19-16(22)8-13-10-25-17(20-13)21-26(2,23)24/h3-6,9-11,18H,7-8H2,1-2H3,(H,19,22)(H,20,21)/t11-/m0/s1. The Morgan fingerprint density at radius 1 is 1.35 bits per heavy atom. The third kappa shape index (κ3) is 4.83. The second kappa shape index (κ2) is 7.46. The van der Waals surface area contributed by atoms with Gasteiger partial charge in [0, 0.05) is 28.5 Å². The fourth-order valence-electron chi connectivity index (χ4n) is 2.77. The first-order valence-corrected chi connectivity index (χ1v) is 10.8. The second-order valence-electron chi connectivity index (χ2n) is 6.23. The molecule has 3 N–H and O–H groups in total. The Balaban J connectivity index is 1.56. The lowest BCUT2D eigenvalue weighted by Gasteiger charge is -2.13. The molecule has 3 aromatic rings. The largest absolute Gasteiger partial charge is 0.361 e. The topological polar surface area (TPSA) is 104 Å². The van der Waals surface area contributed by atoms with Crippen molar-refractivity contribution in [2.75, 3.05) is 11.0 Å². The summed E-state index contributed by atoms with van der Waals surface area (Å²) in [6.07, 6.45) is 3.86. The van der Waals surface area contributed by atoms with Gasteiger partial charge < -0.3 is 10.3 Å². The van der Waals surface area contributed by atoms with Gasteiger partial charge in [-0.05, 0) is 25.0 Å². The van der Waals surface area contributed by atoms with E-state index in [4.69, 9.17) is 0 Å². The van der Waals surface area contributed by atoms with Crippen LogP contribution in [0.3, 0.4) is 0 Å². The van der Waals surface area contributed by atoms with Gasteiger partial charge >= 0.3 is 0 Å². The van der Waals surface area contributed by atoms with Gasteiger partial charge in [-0.15, -0.1) is 11.3 Å². The highest BCUT2D eigenvalue weighted by atomic mass is 32.2. The zero-order valence-electron chi connectivity index (χ0n) is 14.4. The predicted octanol–water partition coefficient (Wildman–Crippen LogP) is 2.29. The molecule has 1 atom stereocenters. The van der Waals surface area contributed by atoms with E-state index < -0.39 is 10.0 Å². The third-order valence-corrected chi connectivity index (χ3v) is 5.27. The molecule has 0 radical (unpaired) electrons. The van der Waals surface area contributed by atoms with Gasteiger partial charge in [0.15, 0.2) is 5.13 Å². The summed E-state index contributed by atoms with van der Waals surface area (Å²) < 4.78 is 24.7. The Morgan fingerprint density at radius 2 is 2.12 bits per heavy atom. The summed E-state index contributed by atoms with van der Waals surface area (Å²) >= 11 is 1.16. The zero-order valence-corrected chi connectivity index (χ0v) is 16.1. The van der Waals surface area contributed by atoms with E-state index in [1.54, 1.807) is 5.38 Å². The number of amides is 1. The van der Waals surface area contributed by atoms with Gasteiger partial charge in [-0.3, -0.25) is 9.52 Å². The highest BCUT2D eigenvalue weighted by Gasteiger charge is 2.14. The molecule has 2 aromatic heterocycles. The highest BCUT2D eigenvalue weighted by molar-refractivity contribution is 7.92. The molecular formula is C17H20N4O3S2. The fourth-order valence-corrected chi connectivity index (χ4v) is 4.33. The summed E-state index contributed by atoms with van der Waals surface area (Å²) in [6.45, 7) is 1.96. The van der Waals surface area contributed by atoms with Crippen LogP contribution in [-0.4, -0.2) is 36.6 Å². The van der Waals surface area contributed by atoms with Gasteiger partial charge in [-0.2, -0.15) is 0 Å². The van der Waals surface area contributed by atoms with Crippen molar-refractivity contribution in [1.29, 1.82) is 0 Å². The quantitative estimate of drug-likeness (QED) is 0.574. The van der Waals surface area contributed by atoms with Crippen molar-refractivity contribution in [3.8, 4) is 0 Å². The van der Waals surface area contributed by atoms with E-state index in [9.17, 15) is 13.2 Å². The number of sulfonamides is 1. The van der Waals surface area contributed by atoms with Gasteiger partial charge in [-0.1, -0.05) is 18.2 Å². The minimum atomic E-state index is -3.36. The summed E-state index contributed by atoms with van der Waals surface area (Å²) in [4.78, 5) is 19.6. The Labute approximate surface area is 155 Å². The van der Waals surface area contributed by atoms with E-state index in [0.717, 1.165) is 34.1 Å². The number of carbonyl (C=O) groups is 1. The zero-order chi connectivity index (χ0) is 18.7. The van der Waals surface area contributed by atoms with E-state index >= 15 is 0 Å². The number of fused-ring (bicyclic) bond motifs is 1. The van der Waals surface area contributed by atoms with Gasteiger partial charge in [-0.25, -0.2) is 13.4 Å². The fraction of sp³-hybridized carbons (Fsp3) is 0.294. The van der Waals surface area contributed by atoms with E-state index in [0.29, 0.717) is 12.1 Å². The number of para-hydroxylation sites is 1. The summed E-state index contributed by atoms with van der Waals surface area (Å²) in [5, 5.41) is 6.06. The van der Waals surface area contributed by atoms with Gasteiger partial charge in [0.2, 0.25) is 15.9 Å². The van der Waals surface area contributed by atoms with Crippen molar-refractivity contribution in [3.05, 3.63) is 47.1 Å². The first-order valence-electron chi connectivity index (χ1n) is 8.07. The third-order valence-electron chi connectivity index (χ3n) is 3.77.